The van der Waals surface area contributed by atoms with Crippen LogP contribution in [-0.2, 0) is 11.3 Å². The van der Waals surface area contributed by atoms with E-state index in [0.717, 1.165) is 56.3 Å². The zero-order valence-corrected chi connectivity index (χ0v) is 18.6. The first-order valence-corrected chi connectivity index (χ1v) is 11.3. The number of hydrogen-bond acceptors (Lipinski definition) is 6. The number of hydrogen-bond donors (Lipinski definition) is 1. The zero-order valence-electron chi connectivity index (χ0n) is 18.6. The van der Waals surface area contributed by atoms with Crippen LogP contribution in [0.25, 0.3) is 5.65 Å². The van der Waals surface area contributed by atoms with Crippen LogP contribution in [0.4, 0.5) is 0 Å². The lowest BCUT2D eigenvalue weighted by atomic mass is 9.94. The maximum Gasteiger partial charge on any atom is 0.289 e. The van der Waals surface area contributed by atoms with Gasteiger partial charge in [-0.05, 0) is 38.8 Å². The van der Waals surface area contributed by atoms with Gasteiger partial charge in [0.15, 0.2) is 11.4 Å². The molecule has 1 atom stereocenters. The van der Waals surface area contributed by atoms with Crippen molar-refractivity contribution in [2.24, 2.45) is 0 Å². The van der Waals surface area contributed by atoms with E-state index in [2.05, 4.69) is 15.0 Å². The molecule has 0 bridgehead atoms. The van der Waals surface area contributed by atoms with Crippen LogP contribution in [0.15, 0.2) is 27.4 Å². The standard InChI is InChI=1S/C23H29N5O4/c1-15-16(2)24-21-12-19(25-28(21)22(15)29)17-4-3-7-27(13-17)23(30)20-6-5-18(32-20)14-26-8-10-31-11-9-26/h5-6,12,17,25H,3-4,7-11,13-14H2,1-2H3. The van der Waals surface area contributed by atoms with Crippen LogP contribution >= 0.6 is 0 Å². The number of aromatic amines is 1. The minimum absolute atomic E-state index is 0.0779. The molecule has 0 aliphatic carbocycles. The Morgan fingerprint density at radius 1 is 1.22 bits per heavy atom. The molecule has 2 saturated heterocycles. The molecule has 0 radical (unpaired) electrons. The third-order valence-electron chi connectivity index (χ3n) is 6.61. The normalized spacial score (nSPS) is 20.2. The Morgan fingerprint density at radius 2 is 2.03 bits per heavy atom. The number of aryl methyl sites for hydroxylation is 1. The molecule has 170 valence electrons. The van der Waals surface area contributed by atoms with Gasteiger partial charge in [0.25, 0.3) is 11.5 Å². The zero-order chi connectivity index (χ0) is 22.2. The van der Waals surface area contributed by atoms with Crippen molar-refractivity contribution < 1.29 is 13.9 Å². The van der Waals surface area contributed by atoms with E-state index in [4.69, 9.17) is 9.15 Å². The SMILES string of the molecule is Cc1nc2cc(C3CCCN(C(=O)c4ccc(CN5CCOCC5)o4)C3)[nH]n2c(=O)c1C. The molecule has 1 N–H and O–H groups in total. The highest BCUT2D eigenvalue weighted by Crippen LogP contribution is 2.28. The lowest BCUT2D eigenvalue weighted by Gasteiger charge is -2.31. The summed E-state index contributed by atoms with van der Waals surface area (Å²) in [5.74, 6) is 1.23. The average Bonchev–Trinajstić information content (AvgIpc) is 3.45. The van der Waals surface area contributed by atoms with Crippen LogP contribution in [0.3, 0.4) is 0 Å². The van der Waals surface area contributed by atoms with Crippen molar-refractivity contribution in [2.75, 3.05) is 39.4 Å². The Balaban J connectivity index is 1.30. The summed E-state index contributed by atoms with van der Waals surface area (Å²) in [7, 11) is 0. The van der Waals surface area contributed by atoms with Crippen molar-refractivity contribution in [1.82, 2.24) is 24.4 Å². The van der Waals surface area contributed by atoms with Crippen LogP contribution in [0.5, 0.6) is 0 Å². The molecule has 1 amide bonds. The lowest BCUT2D eigenvalue weighted by Crippen LogP contribution is -2.39. The number of morpholine rings is 1. The van der Waals surface area contributed by atoms with E-state index in [1.807, 2.05) is 24.0 Å². The van der Waals surface area contributed by atoms with Gasteiger partial charge in [0.05, 0.1) is 19.8 Å². The summed E-state index contributed by atoms with van der Waals surface area (Å²) < 4.78 is 12.8. The van der Waals surface area contributed by atoms with E-state index in [9.17, 15) is 9.59 Å². The van der Waals surface area contributed by atoms with Gasteiger partial charge in [-0.1, -0.05) is 0 Å². The minimum Gasteiger partial charge on any atom is -0.455 e. The molecule has 5 rings (SSSR count). The number of likely N-dealkylation sites (tertiary alicyclic amines) is 1. The van der Waals surface area contributed by atoms with Gasteiger partial charge in [0, 0.05) is 55.1 Å². The van der Waals surface area contributed by atoms with Crippen molar-refractivity contribution in [3.8, 4) is 0 Å². The summed E-state index contributed by atoms with van der Waals surface area (Å²) in [4.78, 5) is 34.3. The number of rotatable bonds is 4. The van der Waals surface area contributed by atoms with Crippen LogP contribution in [-0.4, -0.2) is 69.7 Å². The Hall–Kier alpha value is -2.91. The molecule has 0 saturated carbocycles. The van der Waals surface area contributed by atoms with Gasteiger partial charge in [-0.25, -0.2) is 9.50 Å². The summed E-state index contributed by atoms with van der Waals surface area (Å²) in [5.41, 5.74) is 2.86. The van der Waals surface area contributed by atoms with Crippen LogP contribution in [0.2, 0.25) is 0 Å². The second-order valence-electron chi connectivity index (χ2n) is 8.78. The fourth-order valence-corrected chi connectivity index (χ4v) is 4.58. The minimum atomic E-state index is -0.0824. The largest absolute Gasteiger partial charge is 0.455 e. The molecular formula is C23H29N5O4. The van der Waals surface area contributed by atoms with Gasteiger partial charge in [-0.3, -0.25) is 19.6 Å². The van der Waals surface area contributed by atoms with Gasteiger partial charge >= 0.3 is 0 Å². The Morgan fingerprint density at radius 3 is 2.84 bits per heavy atom. The second kappa shape index (κ2) is 8.55. The number of nitrogens with one attached hydrogen (secondary N) is 1. The van der Waals surface area contributed by atoms with Gasteiger partial charge in [-0.2, -0.15) is 0 Å². The molecule has 1 unspecified atom stereocenters. The van der Waals surface area contributed by atoms with E-state index in [1.54, 1.807) is 13.0 Å². The molecule has 0 spiro atoms. The number of carbonyl (C=O) groups excluding carboxylic acids is 1. The number of nitrogens with zero attached hydrogens (tertiary/aromatic N) is 4. The fraction of sp³-hybridized carbons (Fsp3) is 0.522. The highest BCUT2D eigenvalue weighted by Gasteiger charge is 2.28. The quantitative estimate of drug-likeness (QED) is 0.669. The van der Waals surface area contributed by atoms with Crippen LogP contribution in [0, 0.1) is 13.8 Å². The maximum absolute atomic E-state index is 13.1. The highest BCUT2D eigenvalue weighted by atomic mass is 16.5. The van der Waals surface area contributed by atoms with Crippen molar-refractivity contribution in [1.29, 1.82) is 0 Å². The number of carbonyl (C=O) groups is 1. The van der Waals surface area contributed by atoms with E-state index < -0.39 is 0 Å². The summed E-state index contributed by atoms with van der Waals surface area (Å²) in [5, 5.41) is 3.22. The van der Waals surface area contributed by atoms with E-state index in [1.165, 1.54) is 4.52 Å². The molecule has 32 heavy (non-hydrogen) atoms. The Labute approximate surface area is 185 Å². The number of H-pyrrole nitrogens is 1. The monoisotopic (exact) mass is 439 g/mol. The number of furan rings is 1. The predicted molar refractivity (Wildman–Crippen MR) is 118 cm³/mol. The van der Waals surface area contributed by atoms with Crippen molar-refractivity contribution in [2.45, 2.75) is 39.2 Å². The molecule has 5 heterocycles. The van der Waals surface area contributed by atoms with Crippen molar-refractivity contribution >= 4 is 11.6 Å². The molecule has 9 nitrogen and oxygen atoms in total. The highest BCUT2D eigenvalue weighted by molar-refractivity contribution is 5.91. The summed E-state index contributed by atoms with van der Waals surface area (Å²) in [6, 6.07) is 5.60. The smallest absolute Gasteiger partial charge is 0.289 e. The molecular weight excluding hydrogens is 410 g/mol. The van der Waals surface area contributed by atoms with Gasteiger partial charge < -0.3 is 14.1 Å². The molecule has 9 heteroatoms. The van der Waals surface area contributed by atoms with Crippen LogP contribution < -0.4 is 5.56 Å². The van der Waals surface area contributed by atoms with Crippen LogP contribution in [0.1, 0.15) is 52.0 Å². The van der Waals surface area contributed by atoms with Crippen molar-refractivity contribution in [3.63, 3.8) is 0 Å². The predicted octanol–water partition coefficient (Wildman–Crippen LogP) is 2.08. The lowest BCUT2D eigenvalue weighted by molar-refractivity contribution is 0.0309. The first-order chi connectivity index (χ1) is 15.5. The van der Waals surface area contributed by atoms with Gasteiger partial charge in [0.2, 0.25) is 0 Å². The first kappa shape index (κ1) is 21.0. The molecule has 3 aromatic rings. The third-order valence-corrected chi connectivity index (χ3v) is 6.61. The molecule has 2 aliphatic heterocycles. The Kier molecular flexibility index (Phi) is 5.60. The van der Waals surface area contributed by atoms with Gasteiger partial charge in [0.1, 0.15) is 5.76 Å². The summed E-state index contributed by atoms with van der Waals surface area (Å²) >= 11 is 0. The van der Waals surface area contributed by atoms with E-state index in [-0.39, 0.29) is 17.4 Å². The summed E-state index contributed by atoms with van der Waals surface area (Å²) in [6.07, 6.45) is 1.84. The Bertz CT molecular complexity index is 1190. The summed E-state index contributed by atoms with van der Waals surface area (Å²) in [6.45, 7) is 8.82. The molecule has 0 aromatic carbocycles. The van der Waals surface area contributed by atoms with E-state index >= 15 is 0 Å². The topological polar surface area (TPSA) is 96.1 Å². The third kappa shape index (κ3) is 3.98. The average molecular weight is 440 g/mol. The maximum atomic E-state index is 13.1. The molecule has 2 fully saturated rings. The van der Waals surface area contributed by atoms with E-state index in [0.29, 0.717) is 36.6 Å². The van der Waals surface area contributed by atoms with Crippen molar-refractivity contribution in [3.05, 3.63) is 57.0 Å². The number of fused-ring (bicyclic) bond motifs is 1. The number of ether oxygens (including phenoxy) is 1. The number of piperidine rings is 1. The first-order valence-electron chi connectivity index (χ1n) is 11.3. The second-order valence-corrected chi connectivity index (χ2v) is 8.78. The molecule has 3 aromatic heterocycles. The van der Waals surface area contributed by atoms with Gasteiger partial charge in [-0.15, -0.1) is 0 Å². The fourth-order valence-electron chi connectivity index (χ4n) is 4.58. The number of aromatic nitrogens is 3. The number of amides is 1. The molecule has 2 aliphatic rings.